The summed E-state index contributed by atoms with van der Waals surface area (Å²) in [4.78, 5) is 18.4. The Labute approximate surface area is 209 Å². The number of para-hydroxylation sites is 1. The molecule has 2 aromatic heterocycles. The van der Waals surface area contributed by atoms with E-state index in [4.69, 9.17) is 0 Å². The van der Waals surface area contributed by atoms with Gasteiger partial charge < -0.3 is 10.2 Å². The third kappa shape index (κ3) is 3.49. The molecule has 2 aliphatic rings. The van der Waals surface area contributed by atoms with Crippen molar-refractivity contribution in [1.82, 2.24) is 20.0 Å². The average Bonchev–Trinajstić information content (AvgIpc) is 3.50. The number of fused-ring (bicyclic) bond motifs is 3. The lowest BCUT2D eigenvalue weighted by molar-refractivity contribution is -0.384. The molecular formula is C27H29N7O2. The van der Waals surface area contributed by atoms with E-state index in [0.717, 1.165) is 41.7 Å². The van der Waals surface area contributed by atoms with Crippen LogP contribution in [0.1, 0.15) is 45.3 Å². The minimum Gasteiger partial charge on any atom is -0.368 e. The number of piperidine rings is 1. The van der Waals surface area contributed by atoms with Crippen LogP contribution in [0.5, 0.6) is 0 Å². The van der Waals surface area contributed by atoms with Crippen LogP contribution >= 0.6 is 0 Å². The van der Waals surface area contributed by atoms with E-state index in [1.165, 1.54) is 0 Å². The van der Waals surface area contributed by atoms with Crippen molar-refractivity contribution in [3.05, 3.63) is 82.5 Å². The average molecular weight is 484 g/mol. The normalized spacial score (nSPS) is 23.2. The van der Waals surface area contributed by atoms with E-state index >= 15 is 0 Å². The van der Waals surface area contributed by atoms with Crippen LogP contribution < -0.4 is 10.2 Å². The predicted molar refractivity (Wildman–Crippen MR) is 139 cm³/mol. The molecule has 1 saturated carbocycles. The Morgan fingerprint density at radius 3 is 2.58 bits per heavy atom. The highest BCUT2D eigenvalue weighted by Crippen LogP contribution is 2.60. The molecule has 3 heterocycles. The van der Waals surface area contributed by atoms with E-state index in [0.29, 0.717) is 11.9 Å². The molecule has 2 bridgehead atoms. The third-order valence-corrected chi connectivity index (χ3v) is 8.42. The van der Waals surface area contributed by atoms with Crippen LogP contribution in [0, 0.1) is 20.9 Å². The maximum Gasteiger partial charge on any atom is 0.270 e. The predicted octanol–water partition coefficient (Wildman–Crippen LogP) is 5.41. The molecule has 9 nitrogen and oxygen atoms in total. The van der Waals surface area contributed by atoms with E-state index in [1.54, 1.807) is 23.0 Å². The zero-order valence-corrected chi connectivity index (χ0v) is 20.6. The smallest absolute Gasteiger partial charge is 0.270 e. The van der Waals surface area contributed by atoms with Gasteiger partial charge in [-0.1, -0.05) is 44.2 Å². The molecule has 0 amide bonds. The number of anilines is 2. The molecule has 0 unspecified atom stereocenters. The van der Waals surface area contributed by atoms with E-state index < -0.39 is 6.17 Å². The van der Waals surface area contributed by atoms with Crippen LogP contribution in [0.25, 0.3) is 11.0 Å². The van der Waals surface area contributed by atoms with Gasteiger partial charge in [-0.25, -0.2) is 9.67 Å². The molecule has 1 saturated heterocycles. The summed E-state index contributed by atoms with van der Waals surface area (Å²) in [6.45, 7) is 7.98. The molecule has 0 spiro atoms. The molecule has 36 heavy (non-hydrogen) atoms. The lowest BCUT2D eigenvalue weighted by Gasteiger charge is -2.44. The first-order valence-corrected chi connectivity index (χ1v) is 12.3. The van der Waals surface area contributed by atoms with Crippen LogP contribution in [-0.2, 0) is 0 Å². The number of pyridine rings is 1. The first-order chi connectivity index (χ1) is 17.3. The molecule has 184 valence electrons. The molecule has 4 aromatic rings. The molecule has 3 atom stereocenters. The number of nitrogens with zero attached hydrogens (tertiary/aromatic N) is 6. The zero-order chi connectivity index (χ0) is 25.1. The van der Waals surface area contributed by atoms with Crippen molar-refractivity contribution in [2.75, 3.05) is 16.8 Å². The van der Waals surface area contributed by atoms with Crippen molar-refractivity contribution >= 4 is 28.2 Å². The lowest BCUT2D eigenvalue weighted by Crippen LogP contribution is -2.44. The molecule has 0 radical (unpaired) electrons. The Balaban J connectivity index is 1.52. The zero-order valence-electron chi connectivity index (χ0n) is 20.6. The molecule has 2 fully saturated rings. The Hall–Kier alpha value is -4.01. The molecule has 9 heteroatoms. The summed E-state index contributed by atoms with van der Waals surface area (Å²) in [5, 5.41) is 24.2. The van der Waals surface area contributed by atoms with Crippen molar-refractivity contribution in [3.63, 3.8) is 0 Å². The van der Waals surface area contributed by atoms with Gasteiger partial charge in [-0.15, -0.1) is 5.10 Å². The summed E-state index contributed by atoms with van der Waals surface area (Å²) < 4.78 is 1.80. The van der Waals surface area contributed by atoms with Crippen LogP contribution in [0.3, 0.4) is 0 Å². The number of hydrogen-bond donors (Lipinski definition) is 1. The fraction of sp³-hybridized carbons (Fsp3) is 0.370. The Bertz CT molecular complexity index is 1450. The quantitative estimate of drug-likeness (QED) is 0.289. The largest absolute Gasteiger partial charge is 0.368 e. The summed E-state index contributed by atoms with van der Waals surface area (Å²) >= 11 is 0. The van der Waals surface area contributed by atoms with Gasteiger partial charge in [0.2, 0.25) is 0 Å². The first kappa shape index (κ1) is 22.5. The number of hydrogen-bond acceptors (Lipinski definition) is 7. The van der Waals surface area contributed by atoms with Gasteiger partial charge in [0, 0.05) is 42.2 Å². The van der Waals surface area contributed by atoms with Gasteiger partial charge in [0.15, 0.2) is 6.17 Å². The van der Waals surface area contributed by atoms with Crippen molar-refractivity contribution in [2.45, 2.75) is 45.8 Å². The number of nitro groups is 1. The number of non-ortho nitro benzene ring substituents is 1. The van der Waals surface area contributed by atoms with E-state index in [1.807, 2.05) is 48.5 Å². The standard InChI is InChI=1S/C27H29N7O2/c1-26(2)15-19-16-27(26,3)17-32(19)22-12-11-18(34(35)36)14-20(22)25(29-24-10-6-7-13-28-24)33-23-9-5-4-8-21(23)30-31-33/h4-14,19,25H,15-17H2,1-3H3,(H,28,29)/t19-,25-,27-/m0/s1. The van der Waals surface area contributed by atoms with Gasteiger partial charge in [-0.3, -0.25) is 10.1 Å². The van der Waals surface area contributed by atoms with Crippen LogP contribution in [0.4, 0.5) is 17.2 Å². The summed E-state index contributed by atoms with van der Waals surface area (Å²) in [6.07, 6.45) is 3.36. The molecule has 1 aliphatic heterocycles. The van der Waals surface area contributed by atoms with Gasteiger partial charge in [0.05, 0.1) is 10.4 Å². The van der Waals surface area contributed by atoms with Gasteiger partial charge in [-0.2, -0.15) is 0 Å². The monoisotopic (exact) mass is 483 g/mol. The minimum absolute atomic E-state index is 0.0434. The molecule has 1 aliphatic carbocycles. The van der Waals surface area contributed by atoms with Crippen molar-refractivity contribution < 1.29 is 4.92 Å². The maximum atomic E-state index is 11.9. The second-order valence-electron chi connectivity index (χ2n) is 10.9. The van der Waals surface area contributed by atoms with Crippen LogP contribution in [0.2, 0.25) is 0 Å². The lowest BCUT2D eigenvalue weighted by atomic mass is 9.69. The van der Waals surface area contributed by atoms with Crippen molar-refractivity contribution in [2.24, 2.45) is 10.8 Å². The molecular weight excluding hydrogens is 454 g/mol. The minimum atomic E-state index is -0.554. The number of nitro benzene ring substituents is 1. The molecule has 1 N–H and O–H groups in total. The SMILES string of the molecule is CC1(C)C[C@H]2C[C@@]1(C)CN2c1ccc([N+](=O)[O-])cc1[C@@H](Nc1ccccn1)n1nnc2ccccc21. The fourth-order valence-electron chi connectivity index (χ4n) is 6.06. The Morgan fingerprint density at radius 1 is 1.08 bits per heavy atom. The summed E-state index contributed by atoms with van der Waals surface area (Å²) in [6, 6.07) is 18.9. The van der Waals surface area contributed by atoms with Crippen LogP contribution in [-0.4, -0.2) is 37.5 Å². The summed E-state index contributed by atoms with van der Waals surface area (Å²) in [5.74, 6) is 0.649. The Morgan fingerprint density at radius 2 is 1.89 bits per heavy atom. The van der Waals surface area contributed by atoms with E-state index in [2.05, 4.69) is 46.3 Å². The van der Waals surface area contributed by atoms with Gasteiger partial charge in [-0.05, 0) is 54.0 Å². The number of aromatic nitrogens is 4. The molecule has 6 rings (SSSR count). The summed E-state index contributed by atoms with van der Waals surface area (Å²) in [5.41, 5.74) is 3.83. The summed E-state index contributed by atoms with van der Waals surface area (Å²) in [7, 11) is 0. The topological polar surface area (TPSA) is 102 Å². The van der Waals surface area contributed by atoms with Crippen LogP contribution in [0.15, 0.2) is 66.9 Å². The highest BCUT2D eigenvalue weighted by atomic mass is 16.6. The number of benzene rings is 2. The third-order valence-electron chi connectivity index (χ3n) is 8.42. The number of nitrogens with one attached hydrogen (secondary N) is 1. The Kier molecular flexibility index (Phi) is 5.00. The van der Waals surface area contributed by atoms with E-state index in [9.17, 15) is 10.1 Å². The highest BCUT2D eigenvalue weighted by molar-refractivity contribution is 5.75. The van der Waals surface area contributed by atoms with Crippen molar-refractivity contribution in [1.29, 1.82) is 0 Å². The second-order valence-corrected chi connectivity index (χ2v) is 10.9. The number of rotatable bonds is 6. The second kappa shape index (κ2) is 8.01. The van der Waals surface area contributed by atoms with Gasteiger partial charge in [0.25, 0.3) is 5.69 Å². The van der Waals surface area contributed by atoms with Crippen molar-refractivity contribution in [3.8, 4) is 0 Å². The fourth-order valence-corrected chi connectivity index (χ4v) is 6.06. The van der Waals surface area contributed by atoms with E-state index in [-0.39, 0.29) is 21.4 Å². The van der Waals surface area contributed by atoms with Gasteiger partial charge >= 0.3 is 0 Å². The van der Waals surface area contributed by atoms with Gasteiger partial charge in [0.1, 0.15) is 11.3 Å². The first-order valence-electron chi connectivity index (χ1n) is 12.3. The molecule has 2 aromatic carbocycles. The maximum absolute atomic E-state index is 11.9. The highest BCUT2D eigenvalue weighted by Gasteiger charge is 2.57.